The Labute approximate surface area is 90.0 Å². The molecule has 1 aromatic heterocycles. The number of aromatic nitrogens is 1. The molecule has 0 bridgehead atoms. The molecule has 1 aliphatic rings. The topological polar surface area (TPSA) is 41.6 Å². The highest BCUT2D eigenvalue weighted by atomic mass is 16.3. The van der Waals surface area contributed by atoms with Crippen LogP contribution in [0.2, 0.25) is 0 Å². The minimum absolute atomic E-state index is 0.725. The van der Waals surface area contributed by atoms with Crippen molar-refractivity contribution in [3.05, 3.63) is 18.4 Å². The number of aliphatic imine (C=N–C) groups is 1. The Morgan fingerprint density at radius 2 is 2.33 bits per heavy atom. The molecular weight excluding hydrogens is 190 g/mol. The lowest BCUT2D eigenvalue weighted by molar-refractivity contribution is 0.167. The van der Waals surface area contributed by atoms with Gasteiger partial charge in [0.1, 0.15) is 6.26 Å². The summed E-state index contributed by atoms with van der Waals surface area (Å²) in [6.07, 6.45) is 5.74. The zero-order valence-corrected chi connectivity index (χ0v) is 8.93. The summed E-state index contributed by atoms with van der Waals surface area (Å²) in [6.45, 7) is 7.52. The van der Waals surface area contributed by atoms with Crippen LogP contribution in [-0.2, 0) is 6.54 Å². The number of hydrogen-bond donors (Lipinski definition) is 0. The van der Waals surface area contributed by atoms with Crippen molar-refractivity contribution < 1.29 is 4.42 Å². The van der Waals surface area contributed by atoms with Crippen molar-refractivity contribution in [2.24, 2.45) is 10.9 Å². The Morgan fingerprint density at radius 1 is 1.53 bits per heavy atom. The Kier molecular flexibility index (Phi) is 3.50. The van der Waals surface area contributed by atoms with E-state index in [1.165, 1.54) is 12.8 Å². The molecule has 4 nitrogen and oxygen atoms in total. The van der Waals surface area contributed by atoms with Gasteiger partial charge in [0.25, 0.3) is 0 Å². The van der Waals surface area contributed by atoms with Gasteiger partial charge in [0.15, 0.2) is 0 Å². The lowest BCUT2D eigenvalue weighted by atomic mass is 9.97. The van der Waals surface area contributed by atoms with E-state index in [4.69, 9.17) is 4.42 Å². The monoisotopic (exact) mass is 207 g/mol. The van der Waals surface area contributed by atoms with Gasteiger partial charge in [-0.2, -0.15) is 0 Å². The predicted molar refractivity (Wildman–Crippen MR) is 58.9 cm³/mol. The molecule has 1 aliphatic heterocycles. The second-order valence-corrected chi connectivity index (χ2v) is 4.05. The minimum Gasteiger partial charge on any atom is -0.448 e. The summed E-state index contributed by atoms with van der Waals surface area (Å²) >= 11 is 0. The third-order valence-corrected chi connectivity index (χ3v) is 2.94. The zero-order valence-electron chi connectivity index (χ0n) is 8.93. The molecule has 1 aromatic rings. The number of likely N-dealkylation sites (tertiary alicyclic amines) is 1. The van der Waals surface area contributed by atoms with E-state index in [9.17, 15) is 0 Å². The van der Waals surface area contributed by atoms with Crippen LogP contribution in [0.3, 0.4) is 0 Å². The molecule has 0 atom stereocenters. The van der Waals surface area contributed by atoms with E-state index in [0.29, 0.717) is 0 Å². The summed E-state index contributed by atoms with van der Waals surface area (Å²) in [6, 6.07) is 0. The first-order chi connectivity index (χ1) is 7.38. The van der Waals surface area contributed by atoms with Crippen molar-refractivity contribution in [3.63, 3.8) is 0 Å². The van der Waals surface area contributed by atoms with Gasteiger partial charge in [-0.1, -0.05) is 0 Å². The van der Waals surface area contributed by atoms with Crippen LogP contribution >= 0.6 is 0 Å². The van der Waals surface area contributed by atoms with Crippen LogP contribution in [0.25, 0.3) is 0 Å². The number of oxazole rings is 1. The SMILES string of the molecule is C=NCC1CCN(Cc2ncco2)CC1. The first-order valence-corrected chi connectivity index (χ1v) is 5.41. The maximum atomic E-state index is 5.23. The molecule has 2 rings (SSSR count). The minimum atomic E-state index is 0.725. The fraction of sp³-hybridized carbons (Fsp3) is 0.636. The summed E-state index contributed by atoms with van der Waals surface area (Å²) < 4.78 is 5.23. The molecule has 82 valence electrons. The van der Waals surface area contributed by atoms with Crippen LogP contribution in [0.5, 0.6) is 0 Å². The fourth-order valence-corrected chi connectivity index (χ4v) is 2.03. The summed E-state index contributed by atoms with van der Waals surface area (Å²) in [5.74, 6) is 1.54. The van der Waals surface area contributed by atoms with E-state index in [1.807, 2.05) is 0 Å². The fourth-order valence-electron chi connectivity index (χ4n) is 2.03. The van der Waals surface area contributed by atoms with Crippen molar-refractivity contribution in [2.75, 3.05) is 19.6 Å². The van der Waals surface area contributed by atoms with Gasteiger partial charge >= 0.3 is 0 Å². The van der Waals surface area contributed by atoms with Crippen molar-refractivity contribution in [1.82, 2.24) is 9.88 Å². The molecule has 1 fully saturated rings. The smallest absolute Gasteiger partial charge is 0.208 e. The highest BCUT2D eigenvalue weighted by Gasteiger charge is 2.19. The molecule has 4 heteroatoms. The van der Waals surface area contributed by atoms with Crippen molar-refractivity contribution in [1.29, 1.82) is 0 Å². The Balaban J connectivity index is 1.76. The summed E-state index contributed by atoms with van der Waals surface area (Å²) in [4.78, 5) is 10.5. The van der Waals surface area contributed by atoms with Crippen molar-refractivity contribution in [2.45, 2.75) is 19.4 Å². The van der Waals surface area contributed by atoms with Gasteiger partial charge < -0.3 is 9.41 Å². The van der Waals surface area contributed by atoms with Crippen LogP contribution < -0.4 is 0 Å². The lowest BCUT2D eigenvalue weighted by Crippen LogP contribution is -2.34. The Morgan fingerprint density at radius 3 is 2.93 bits per heavy atom. The van der Waals surface area contributed by atoms with Crippen molar-refractivity contribution >= 4 is 6.72 Å². The van der Waals surface area contributed by atoms with Crippen molar-refractivity contribution in [3.8, 4) is 0 Å². The molecule has 1 saturated heterocycles. The molecule has 0 aromatic carbocycles. The van der Waals surface area contributed by atoms with Gasteiger partial charge in [-0.05, 0) is 38.6 Å². The molecule has 0 unspecified atom stereocenters. The van der Waals surface area contributed by atoms with E-state index >= 15 is 0 Å². The van der Waals surface area contributed by atoms with Gasteiger partial charge in [0, 0.05) is 6.54 Å². The Hall–Kier alpha value is -1.16. The van der Waals surface area contributed by atoms with Crippen LogP contribution in [0.15, 0.2) is 21.9 Å². The molecule has 0 amide bonds. The quantitative estimate of drug-likeness (QED) is 0.704. The van der Waals surface area contributed by atoms with Gasteiger partial charge in [-0.15, -0.1) is 0 Å². The number of piperidine rings is 1. The first-order valence-electron chi connectivity index (χ1n) is 5.41. The third kappa shape index (κ3) is 2.89. The predicted octanol–water partition coefficient (Wildman–Crippen LogP) is 1.59. The van der Waals surface area contributed by atoms with E-state index in [0.717, 1.165) is 38.0 Å². The number of rotatable bonds is 4. The molecule has 0 spiro atoms. The van der Waals surface area contributed by atoms with Crippen LogP contribution in [0.4, 0.5) is 0 Å². The van der Waals surface area contributed by atoms with Gasteiger partial charge in [-0.3, -0.25) is 4.90 Å². The zero-order chi connectivity index (χ0) is 10.5. The van der Waals surface area contributed by atoms with Gasteiger partial charge in [0.2, 0.25) is 5.89 Å². The van der Waals surface area contributed by atoms with E-state index in [-0.39, 0.29) is 0 Å². The number of hydrogen-bond acceptors (Lipinski definition) is 4. The molecule has 0 N–H and O–H groups in total. The second kappa shape index (κ2) is 5.07. The largest absolute Gasteiger partial charge is 0.448 e. The van der Waals surface area contributed by atoms with Crippen LogP contribution in [0, 0.1) is 5.92 Å². The molecular formula is C11H17N3O. The molecule has 0 saturated carbocycles. The van der Waals surface area contributed by atoms with Gasteiger partial charge in [-0.25, -0.2) is 4.98 Å². The second-order valence-electron chi connectivity index (χ2n) is 4.05. The van der Waals surface area contributed by atoms with E-state index in [1.54, 1.807) is 12.5 Å². The normalized spacial score (nSPS) is 19.2. The molecule has 0 radical (unpaired) electrons. The van der Waals surface area contributed by atoms with Crippen LogP contribution in [0.1, 0.15) is 18.7 Å². The molecule has 2 heterocycles. The molecule has 15 heavy (non-hydrogen) atoms. The summed E-state index contributed by atoms with van der Waals surface area (Å²) in [5.41, 5.74) is 0. The maximum Gasteiger partial charge on any atom is 0.208 e. The molecule has 0 aliphatic carbocycles. The lowest BCUT2D eigenvalue weighted by Gasteiger charge is -2.30. The highest BCUT2D eigenvalue weighted by Crippen LogP contribution is 2.18. The maximum absolute atomic E-state index is 5.23. The highest BCUT2D eigenvalue weighted by molar-refractivity contribution is 5.23. The van der Waals surface area contributed by atoms with Gasteiger partial charge in [0.05, 0.1) is 12.7 Å². The summed E-state index contributed by atoms with van der Waals surface area (Å²) in [7, 11) is 0. The van der Waals surface area contributed by atoms with E-state index in [2.05, 4.69) is 21.6 Å². The third-order valence-electron chi connectivity index (χ3n) is 2.94. The van der Waals surface area contributed by atoms with Crippen LogP contribution in [-0.4, -0.2) is 36.2 Å². The standard InChI is InChI=1S/C11H17N3O/c1-12-8-10-2-5-14(6-3-10)9-11-13-4-7-15-11/h4,7,10H,1-3,5-6,8-9H2. The number of nitrogens with zero attached hydrogens (tertiary/aromatic N) is 3. The van der Waals surface area contributed by atoms with E-state index < -0.39 is 0 Å². The average Bonchev–Trinajstić information content (AvgIpc) is 2.74. The summed E-state index contributed by atoms with van der Waals surface area (Å²) in [5, 5.41) is 0. The Bertz CT molecular complexity index is 289. The first kappa shape index (κ1) is 10.4. The average molecular weight is 207 g/mol.